The number of aliphatic carboxylic acids is 1. The minimum atomic E-state index is -0.797. The average molecular weight is 313 g/mol. The first-order valence-corrected chi connectivity index (χ1v) is 8.44. The average Bonchev–Trinajstić information content (AvgIpc) is 2.46. The van der Waals surface area contributed by atoms with Crippen molar-refractivity contribution in [1.82, 2.24) is 15.5 Å². The zero-order valence-corrected chi connectivity index (χ0v) is 14.3. The van der Waals surface area contributed by atoms with E-state index in [0.29, 0.717) is 0 Å². The summed E-state index contributed by atoms with van der Waals surface area (Å²) < 4.78 is 0. The first kappa shape index (κ1) is 18.7. The van der Waals surface area contributed by atoms with Crippen molar-refractivity contribution in [3.05, 3.63) is 0 Å². The molecule has 1 aliphatic rings. The van der Waals surface area contributed by atoms with Crippen molar-refractivity contribution in [3.8, 4) is 0 Å². The molecule has 0 aromatic heterocycles. The molecule has 3 N–H and O–H groups in total. The predicted octanol–water partition coefficient (Wildman–Crippen LogP) is 2.19. The molecular weight excluding hydrogens is 282 g/mol. The fourth-order valence-corrected chi connectivity index (χ4v) is 3.15. The van der Waals surface area contributed by atoms with Gasteiger partial charge < -0.3 is 15.7 Å². The molecule has 0 radical (unpaired) electrons. The maximum Gasteiger partial charge on any atom is 0.317 e. The van der Waals surface area contributed by atoms with E-state index in [9.17, 15) is 9.59 Å². The van der Waals surface area contributed by atoms with E-state index in [0.717, 1.165) is 38.6 Å². The summed E-state index contributed by atoms with van der Waals surface area (Å²) in [6, 6.07) is 0.311. The summed E-state index contributed by atoms with van der Waals surface area (Å²) in [5, 5.41) is 15.0. The van der Waals surface area contributed by atoms with Gasteiger partial charge in [-0.25, -0.2) is 4.79 Å². The molecule has 6 heteroatoms. The number of carboxylic acid groups (broad SMARTS) is 1. The highest BCUT2D eigenvalue weighted by atomic mass is 16.4. The molecule has 128 valence electrons. The summed E-state index contributed by atoms with van der Waals surface area (Å²) in [5.41, 5.74) is -0.119. The van der Waals surface area contributed by atoms with Crippen LogP contribution >= 0.6 is 0 Å². The number of urea groups is 1. The molecule has 0 spiro atoms. The molecule has 1 rings (SSSR count). The van der Waals surface area contributed by atoms with Gasteiger partial charge in [0.25, 0.3) is 0 Å². The van der Waals surface area contributed by atoms with Crippen LogP contribution in [-0.2, 0) is 4.79 Å². The fraction of sp³-hybridized carbons (Fsp3) is 0.875. The van der Waals surface area contributed by atoms with Gasteiger partial charge in [0.2, 0.25) is 0 Å². The van der Waals surface area contributed by atoms with Crippen LogP contribution in [0.4, 0.5) is 4.79 Å². The Bertz CT molecular complexity index is 369. The van der Waals surface area contributed by atoms with Gasteiger partial charge in [-0.15, -0.1) is 0 Å². The standard InChI is InChI=1S/C16H31N3O3/c1-5-16(6-2,7-3)18-15(22)17-12-9-13(10-12)19(8-4)11-14(20)21/h12-13H,5-11H2,1-4H3,(H,20,21)(H2,17,18,22). The first-order chi connectivity index (χ1) is 10.4. The SMILES string of the molecule is CCN(CC(=O)O)C1CC(NC(=O)NC(CC)(CC)CC)C1. The van der Waals surface area contributed by atoms with Crippen molar-refractivity contribution in [2.75, 3.05) is 13.1 Å². The summed E-state index contributed by atoms with van der Waals surface area (Å²) in [6.45, 7) is 9.05. The maximum absolute atomic E-state index is 12.1. The second-order valence-electron chi connectivity index (χ2n) is 6.22. The summed E-state index contributed by atoms with van der Waals surface area (Å²) in [6.07, 6.45) is 4.41. The second-order valence-corrected chi connectivity index (χ2v) is 6.22. The van der Waals surface area contributed by atoms with Crippen molar-refractivity contribution in [1.29, 1.82) is 0 Å². The molecular formula is C16H31N3O3. The van der Waals surface area contributed by atoms with Crippen LogP contribution in [0.1, 0.15) is 59.8 Å². The summed E-state index contributed by atoms with van der Waals surface area (Å²) >= 11 is 0. The van der Waals surface area contributed by atoms with Gasteiger partial charge in [0.05, 0.1) is 6.54 Å². The van der Waals surface area contributed by atoms with E-state index in [1.54, 1.807) is 0 Å². The number of nitrogens with one attached hydrogen (secondary N) is 2. The van der Waals surface area contributed by atoms with Gasteiger partial charge in [0, 0.05) is 17.6 Å². The highest BCUT2D eigenvalue weighted by Crippen LogP contribution is 2.26. The lowest BCUT2D eigenvalue weighted by Crippen LogP contribution is -2.59. The van der Waals surface area contributed by atoms with Crippen LogP contribution < -0.4 is 10.6 Å². The molecule has 0 saturated heterocycles. The Kier molecular flexibility index (Phi) is 7.13. The quantitative estimate of drug-likeness (QED) is 0.609. The third-order valence-corrected chi connectivity index (χ3v) is 5.12. The molecule has 0 aromatic carbocycles. The smallest absolute Gasteiger partial charge is 0.317 e. The van der Waals surface area contributed by atoms with Gasteiger partial charge in [-0.3, -0.25) is 9.69 Å². The third kappa shape index (κ3) is 4.87. The lowest BCUT2D eigenvalue weighted by Gasteiger charge is -2.42. The van der Waals surface area contributed by atoms with Crippen molar-refractivity contribution in [2.45, 2.75) is 77.4 Å². The lowest BCUT2D eigenvalue weighted by atomic mass is 9.85. The molecule has 0 aliphatic heterocycles. The molecule has 1 fully saturated rings. The van der Waals surface area contributed by atoms with Crippen LogP contribution in [-0.4, -0.2) is 52.7 Å². The van der Waals surface area contributed by atoms with Crippen LogP contribution in [0.5, 0.6) is 0 Å². The van der Waals surface area contributed by atoms with Gasteiger partial charge in [0.1, 0.15) is 0 Å². The Morgan fingerprint density at radius 2 is 1.68 bits per heavy atom. The van der Waals surface area contributed by atoms with E-state index < -0.39 is 5.97 Å². The zero-order chi connectivity index (χ0) is 16.8. The van der Waals surface area contributed by atoms with Gasteiger partial charge in [-0.1, -0.05) is 27.7 Å². The van der Waals surface area contributed by atoms with Crippen molar-refractivity contribution in [3.63, 3.8) is 0 Å². The molecule has 0 heterocycles. The van der Waals surface area contributed by atoms with Gasteiger partial charge in [0.15, 0.2) is 0 Å². The first-order valence-electron chi connectivity index (χ1n) is 8.44. The molecule has 0 unspecified atom stereocenters. The third-order valence-electron chi connectivity index (χ3n) is 5.12. The van der Waals surface area contributed by atoms with E-state index in [2.05, 4.69) is 31.4 Å². The Morgan fingerprint density at radius 1 is 1.14 bits per heavy atom. The number of rotatable bonds is 9. The van der Waals surface area contributed by atoms with Crippen LogP contribution in [0.25, 0.3) is 0 Å². The van der Waals surface area contributed by atoms with Crippen LogP contribution in [0.2, 0.25) is 0 Å². The van der Waals surface area contributed by atoms with E-state index >= 15 is 0 Å². The topological polar surface area (TPSA) is 81.7 Å². The van der Waals surface area contributed by atoms with E-state index in [1.807, 2.05) is 11.8 Å². The number of carbonyl (C=O) groups is 2. The minimum absolute atomic E-state index is 0.0741. The number of hydrogen-bond donors (Lipinski definition) is 3. The normalized spacial score (nSPS) is 21.3. The van der Waals surface area contributed by atoms with Gasteiger partial charge in [-0.2, -0.15) is 0 Å². The number of hydrogen-bond acceptors (Lipinski definition) is 3. The second kappa shape index (κ2) is 8.36. The van der Waals surface area contributed by atoms with Crippen LogP contribution in [0, 0.1) is 0 Å². The molecule has 1 saturated carbocycles. The highest BCUT2D eigenvalue weighted by Gasteiger charge is 2.35. The number of amides is 2. The van der Waals surface area contributed by atoms with E-state index in [1.165, 1.54) is 0 Å². The Morgan fingerprint density at radius 3 is 2.09 bits per heavy atom. The molecule has 0 atom stereocenters. The van der Waals surface area contributed by atoms with Crippen molar-refractivity contribution >= 4 is 12.0 Å². The summed E-state index contributed by atoms with van der Waals surface area (Å²) in [7, 11) is 0. The van der Waals surface area contributed by atoms with Crippen LogP contribution in [0.15, 0.2) is 0 Å². The maximum atomic E-state index is 12.1. The van der Waals surface area contributed by atoms with E-state index in [4.69, 9.17) is 5.11 Å². The van der Waals surface area contributed by atoms with Crippen molar-refractivity contribution < 1.29 is 14.7 Å². The number of nitrogens with zero attached hydrogens (tertiary/aromatic N) is 1. The lowest BCUT2D eigenvalue weighted by molar-refractivity contribution is -0.139. The fourth-order valence-electron chi connectivity index (χ4n) is 3.15. The monoisotopic (exact) mass is 313 g/mol. The molecule has 0 aromatic rings. The Labute approximate surface area is 133 Å². The van der Waals surface area contributed by atoms with E-state index in [-0.39, 0.29) is 30.2 Å². The van der Waals surface area contributed by atoms with Gasteiger partial charge in [-0.05, 0) is 38.6 Å². The predicted molar refractivity (Wildman–Crippen MR) is 87.0 cm³/mol. The Hall–Kier alpha value is -1.30. The zero-order valence-electron chi connectivity index (χ0n) is 14.3. The molecule has 1 aliphatic carbocycles. The molecule has 6 nitrogen and oxygen atoms in total. The Balaban J connectivity index is 2.39. The molecule has 2 amide bonds. The highest BCUT2D eigenvalue weighted by molar-refractivity contribution is 5.75. The minimum Gasteiger partial charge on any atom is -0.480 e. The van der Waals surface area contributed by atoms with Crippen molar-refractivity contribution in [2.24, 2.45) is 0 Å². The summed E-state index contributed by atoms with van der Waals surface area (Å²) in [5.74, 6) is -0.797. The van der Waals surface area contributed by atoms with Crippen LogP contribution in [0.3, 0.4) is 0 Å². The number of likely N-dealkylation sites (N-methyl/N-ethyl adjacent to an activating group) is 1. The largest absolute Gasteiger partial charge is 0.480 e. The summed E-state index contributed by atoms with van der Waals surface area (Å²) in [4.78, 5) is 24.9. The number of carboxylic acids is 1. The molecule has 0 bridgehead atoms. The number of carbonyl (C=O) groups excluding carboxylic acids is 1. The molecule has 22 heavy (non-hydrogen) atoms. The van der Waals surface area contributed by atoms with Gasteiger partial charge >= 0.3 is 12.0 Å².